The molecule has 0 aliphatic carbocycles. The van der Waals surface area contributed by atoms with Crippen molar-refractivity contribution in [2.75, 3.05) is 18.8 Å². The molecule has 1 aliphatic rings. The van der Waals surface area contributed by atoms with Gasteiger partial charge in [0, 0.05) is 5.75 Å². The number of aromatic nitrogens is 1. The second kappa shape index (κ2) is 4.73. The van der Waals surface area contributed by atoms with Crippen LogP contribution in [-0.4, -0.2) is 23.8 Å². The van der Waals surface area contributed by atoms with Crippen molar-refractivity contribution in [2.24, 2.45) is 5.92 Å². The second-order valence-corrected chi connectivity index (χ2v) is 6.42. The minimum absolute atomic E-state index is 0.831. The SMILES string of the molecule is c1ccc2sc(SC[C@@H]3CCNC3)nc2c1. The molecule has 0 amide bonds. The van der Waals surface area contributed by atoms with Crippen LogP contribution in [-0.2, 0) is 0 Å². The number of hydrogen-bond donors (Lipinski definition) is 1. The summed E-state index contributed by atoms with van der Waals surface area (Å²) in [4.78, 5) is 4.63. The van der Waals surface area contributed by atoms with E-state index in [4.69, 9.17) is 0 Å². The molecule has 1 fully saturated rings. The Bertz CT molecular complexity index is 442. The molecule has 16 heavy (non-hydrogen) atoms. The topological polar surface area (TPSA) is 24.9 Å². The van der Waals surface area contributed by atoms with Crippen molar-refractivity contribution >= 4 is 33.3 Å². The first-order chi connectivity index (χ1) is 7.92. The quantitative estimate of drug-likeness (QED) is 0.848. The number of nitrogens with zero attached hydrogens (tertiary/aromatic N) is 1. The van der Waals surface area contributed by atoms with Crippen LogP contribution >= 0.6 is 23.1 Å². The van der Waals surface area contributed by atoms with E-state index >= 15 is 0 Å². The third kappa shape index (κ3) is 2.24. The van der Waals surface area contributed by atoms with Crippen LogP contribution in [0.4, 0.5) is 0 Å². The summed E-state index contributed by atoms with van der Waals surface area (Å²) in [5.74, 6) is 2.03. The van der Waals surface area contributed by atoms with Gasteiger partial charge in [-0.25, -0.2) is 4.98 Å². The van der Waals surface area contributed by atoms with E-state index in [0.717, 1.165) is 11.4 Å². The van der Waals surface area contributed by atoms with Gasteiger partial charge < -0.3 is 5.32 Å². The van der Waals surface area contributed by atoms with Gasteiger partial charge in [-0.05, 0) is 37.6 Å². The fraction of sp³-hybridized carbons (Fsp3) is 0.417. The smallest absolute Gasteiger partial charge is 0.151 e. The first-order valence-electron chi connectivity index (χ1n) is 5.61. The van der Waals surface area contributed by atoms with E-state index in [2.05, 4.69) is 34.6 Å². The first kappa shape index (κ1) is 10.6. The van der Waals surface area contributed by atoms with Crippen molar-refractivity contribution in [1.82, 2.24) is 10.3 Å². The standard InChI is InChI=1S/C12H14N2S2/c1-2-4-11-10(3-1)14-12(16-11)15-8-9-5-6-13-7-9/h1-4,9,13H,5-8H2/t9-/m1/s1. The summed E-state index contributed by atoms with van der Waals surface area (Å²) in [5.41, 5.74) is 1.14. The summed E-state index contributed by atoms with van der Waals surface area (Å²) in [5, 5.41) is 3.40. The highest BCUT2D eigenvalue weighted by Gasteiger charge is 2.15. The third-order valence-corrected chi connectivity index (χ3v) is 5.29. The van der Waals surface area contributed by atoms with Gasteiger partial charge in [0.2, 0.25) is 0 Å². The highest BCUT2D eigenvalue weighted by molar-refractivity contribution is 8.01. The fourth-order valence-electron chi connectivity index (χ4n) is 1.96. The van der Waals surface area contributed by atoms with E-state index in [1.807, 2.05) is 23.1 Å². The van der Waals surface area contributed by atoms with Gasteiger partial charge in [-0.1, -0.05) is 23.9 Å². The molecule has 1 aliphatic heterocycles. The number of rotatable bonds is 3. The van der Waals surface area contributed by atoms with Crippen molar-refractivity contribution in [3.05, 3.63) is 24.3 Å². The number of benzene rings is 1. The maximum absolute atomic E-state index is 4.63. The van der Waals surface area contributed by atoms with Crippen molar-refractivity contribution in [3.63, 3.8) is 0 Å². The maximum atomic E-state index is 4.63. The molecule has 3 rings (SSSR count). The van der Waals surface area contributed by atoms with Crippen LogP contribution in [0.5, 0.6) is 0 Å². The molecule has 2 nitrogen and oxygen atoms in total. The highest BCUT2D eigenvalue weighted by atomic mass is 32.2. The Balaban J connectivity index is 1.69. The van der Waals surface area contributed by atoms with E-state index in [9.17, 15) is 0 Å². The lowest BCUT2D eigenvalue weighted by molar-refractivity contribution is 0.662. The first-order valence-corrected chi connectivity index (χ1v) is 7.41. The lowest BCUT2D eigenvalue weighted by Gasteiger charge is -2.04. The maximum Gasteiger partial charge on any atom is 0.151 e. The Morgan fingerprint density at radius 3 is 3.19 bits per heavy atom. The lowest BCUT2D eigenvalue weighted by Crippen LogP contribution is -2.10. The molecule has 0 bridgehead atoms. The van der Waals surface area contributed by atoms with E-state index < -0.39 is 0 Å². The summed E-state index contributed by atoms with van der Waals surface area (Å²) >= 11 is 3.72. The lowest BCUT2D eigenvalue weighted by atomic mass is 10.2. The predicted octanol–water partition coefficient (Wildman–Crippen LogP) is 3.00. The van der Waals surface area contributed by atoms with Gasteiger partial charge in [-0.3, -0.25) is 0 Å². The molecule has 0 radical (unpaired) electrons. The highest BCUT2D eigenvalue weighted by Crippen LogP contribution is 2.31. The number of nitrogens with one attached hydrogen (secondary N) is 1. The average Bonchev–Trinajstić information content (AvgIpc) is 2.95. The minimum Gasteiger partial charge on any atom is -0.316 e. The zero-order valence-corrected chi connectivity index (χ0v) is 10.6. The molecule has 0 spiro atoms. The van der Waals surface area contributed by atoms with Crippen LogP contribution < -0.4 is 5.32 Å². The number of fused-ring (bicyclic) bond motifs is 1. The predicted molar refractivity (Wildman–Crippen MR) is 71.3 cm³/mol. The van der Waals surface area contributed by atoms with Crippen LogP contribution in [0.2, 0.25) is 0 Å². The molecule has 2 aromatic rings. The largest absolute Gasteiger partial charge is 0.316 e. The van der Waals surface area contributed by atoms with Crippen LogP contribution in [0.3, 0.4) is 0 Å². The average molecular weight is 250 g/mol. The van der Waals surface area contributed by atoms with E-state index in [0.29, 0.717) is 0 Å². The minimum atomic E-state index is 0.831. The molecule has 2 heterocycles. The number of thioether (sulfide) groups is 1. The molecule has 1 aromatic heterocycles. The summed E-state index contributed by atoms with van der Waals surface area (Å²) < 4.78 is 2.52. The van der Waals surface area contributed by atoms with E-state index in [1.54, 1.807) is 0 Å². The van der Waals surface area contributed by atoms with Crippen LogP contribution in [0.1, 0.15) is 6.42 Å². The van der Waals surface area contributed by atoms with E-state index in [-0.39, 0.29) is 0 Å². The monoisotopic (exact) mass is 250 g/mol. The van der Waals surface area contributed by atoms with Gasteiger partial charge in [0.1, 0.15) is 0 Å². The van der Waals surface area contributed by atoms with E-state index in [1.165, 1.54) is 34.3 Å². The third-order valence-electron chi connectivity index (χ3n) is 2.88. The number of para-hydroxylation sites is 1. The molecule has 1 atom stereocenters. The second-order valence-electron chi connectivity index (χ2n) is 4.12. The summed E-state index contributed by atoms with van der Waals surface area (Å²) in [6, 6.07) is 8.37. The molecular formula is C12H14N2S2. The zero-order chi connectivity index (χ0) is 10.8. The Labute approximate surface area is 103 Å². The van der Waals surface area contributed by atoms with Crippen LogP contribution in [0.15, 0.2) is 28.6 Å². The Kier molecular flexibility index (Phi) is 3.13. The molecular weight excluding hydrogens is 236 g/mol. The molecule has 1 aromatic carbocycles. The summed E-state index contributed by atoms with van der Waals surface area (Å²) in [6.07, 6.45) is 1.32. The number of thiazole rings is 1. The van der Waals surface area contributed by atoms with Gasteiger partial charge in [0.25, 0.3) is 0 Å². The van der Waals surface area contributed by atoms with Crippen molar-refractivity contribution in [1.29, 1.82) is 0 Å². The van der Waals surface area contributed by atoms with Gasteiger partial charge in [-0.2, -0.15) is 0 Å². The normalized spacial score (nSPS) is 20.6. The van der Waals surface area contributed by atoms with Crippen molar-refractivity contribution in [2.45, 2.75) is 10.8 Å². The summed E-state index contributed by atoms with van der Waals surface area (Å²) in [7, 11) is 0. The molecule has 0 saturated carbocycles. The molecule has 0 unspecified atom stereocenters. The molecule has 84 valence electrons. The Morgan fingerprint density at radius 2 is 2.38 bits per heavy atom. The number of hydrogen-bond acceptors (Lipinski definition) is 4. The van der Waals surface area contributed by atoms with Gasteiger partial charge >= 0.3 is 0 Å². The molecule has 4 heteroatoms. The molecule has 1 saturated heterocycles. The van der Waals surface area contributed by atoms with Crippen LogP contribution in [0.25, 0.3) is 10.2 Å². The van der Waals surface area contributed by atoms with Crippen LogP contribution in [0, 0.1) is 5.92 Å². The Morgan fingerprint density at radius 1 is 1.44 bits per heavy atom. The Hall–Kier alpha value is -0.580. The fourth-order valence-corrected chi connectivity index (χ4v) is 4.19. The van der Waals surface area contributed by atoms with Gasteiger partial charge in [0.05, 0.1) is 10.2 Å². The zero-order valence-electron chi connectivity index (χ0n) is 8.98. The van der Waals surface area contributed by atoms with Gasteiger partial charge in [0.15, 0.2) is 4.34 Å². The molecule has 1 N–H and O–H groups in total. The van der Waals surface area contributed by atoms with Gasteiger partial charge in [-0.15, -0.1) is 11.3 Å². The summed E-state index contributed by atoms with van der Waals surface area (Å²) in [6.45, 7) is 2.36. The van der Waals surface area contributed by atoms with Crippen molar-refractivity contribution < 1.29 is 0 Å². The van der Waals surface area contributed by atoms with Crippen molar-refractivity contribution in [3.8, 4) is 0 Å².